The summed E-state index contributed by atoms with van der Waals surface area (Å²) in [5.41, 5.74) is 2.23. The number of para-hydroxylation sites is 2. The van der Waals surface area contributed by atoms with Crippen molar-refractivity contribution in [2.24, 2.45) is 0 Å². The zero-order valence-corrected chi connectivity index (χ0v) is 15.2. The van der Waals surface area contributed by atoms with Crippen LogP contribution < -0.4 is 5.56 Å². The monoisotopic (exact) mass is 373 g/mol. The summed E-state index contributed by atoms with van der Waals surface area (Å²) in [5, 5.41) is 7.92. The van der Waals surface area contributed by atoms with E-state index in [2.05, 4.69) is 20.2 Å². The molecular formula is C21H19N5O2. The lowest BCUT2D eigenvalue weighted by atomic mass is 10.1. The maximum atomic E-state index is 13.1. The Balaban J connectivity index is 1.45. The van der Waals surface area contributed by atoms with E-state index in [1.54, 1.807) is 12.1 Å². The Morgan fingerprint density at radius 1 is 1.11 bits per heavy atom. The summed E-state index contributed by atoms with van der Waals surface area (Å²) in [6, 6.07) is 15.1. The number of nitrogens with one attached hydrogen (secondary N) is 2. The molecule has 2 aromatic heterocycles. The topological polar surface area (TPSA) is 94.7 Å². The van der Waals surface area contributed by atoms with Crippen LogP contribution in [-0.4, -0.2) is 37.5 Å². The molecule has 2 N–H and O–H groups in total. The average molecular weight is 373 g/mol. The molecule has 0 aliphatic carbocycles. The first kappa shape index (κ1) is 16.7. The lowest BCUT2D eigenvalue weighted by molar-refractivity contribution is -0.131. The number of aromatic amines is 2. The number of benzene rings is 2. The van der Waals surface area contributed by atoms with Gasteiger partial charge in [-0.3, -0.25) is 9.59 Å². The predicted molar refractivity (Wildman–Crippen MR) is 106 cm³/mol. The Bertz CT molecular complexity index is 1210. The van der Waals surface area contributed by atoms with Gasteiger partial charge in [-0.25, -0.2) is 10.1 Å². The second-order valence-corrected chi connectivity index (χ2v) is 7.11. The molecule has 2 aromatic carbocycles. The number of amides is 1. The number of carbonyl (C=O) groups is 1. The van der Waals surface area contributed by atoms with E-state index in [1.165, 1.54) is 0 Å². The van der Waals surface area contributed by atoms with Crippen LogP contribution in [0.2, 0.25) is 0 Å². The van der Waals surface area contributed by atoms with Crippen LogP contribution in [0.4, 0.5) is 0 Å². The molecule has 1 amide bonds. The molecule has 1 aliphatic rings. The van der Waals surface area contributed by atoms with Crippen LogP contribution in [0.25, 0.3) is 21.8 Å². The highest BCUT2D eigenvalue weighted by molar-refractivity contribution is 5.88. The van der Waals surface area contributed by atoms with E-state index < -0.39 is 0 Å². The van der Waals surface area contributed by atoms with Gasteiger partial charge in [0.1, 0.15) is 5.82 Å². The fourth-order valence-corrected chi connectivity index (χ4v) is 4.03. The maximum Gasteiger partial charge on any atom is 0.272 e. The van der Waals surface area contributed by atoms with Gasteiger partial charge in [0.2, 0.25) is 5.91 Å². The molecule has 5 rings (SSSR count). The minimum atomic E-state index is -0.242. The molecule has 1 atom stereocenters. The fraction of sp³-hybridized carbons (Fsp3) is 0.238. The SMILES string of the molecule is O=C(Cc1n[nH]c(=O)c2ccccc12)N1CCCC1c1nc2ccccc2[nH]1. The van der Waals surface area contributed by atoms with Crippen LogP contribution in [0.1, 0.15) is 30.4 Å². The van der Waals surface area contributed by atoms with E-state index in [4.69, 9.17) is 0 Å². The van der Waals surface area contributed by atoms with Crippen molar-refractivity contribution in [3.8, 4) is 0 Å². The number of likely N-dealkylation sites (tertiary alicyclic amines) is 1. The number of H-pyrrole nitrogens is 2. The summed E-state index contributed by atoms with van der Waals surface area (Å²) in [4.78, 5) is 35.0. The number of hydrogen-bond donors (Lipinski definition) is 2. The molecule has 0 bridgehead atoms. The van der Waals surface area contributed by atoms with Gasteiger partial charge in [0.25, 0.3) is 5.56 Å². The summed E-state index contributed by atoms with van der Waals surface area (Å²) in [6.07, 6.45) is 1.96. The van der Waals surface area contributed by atoms with Gasteiger partial charge < -0.3 is 9.88 Å². The van der Waals surface area contributed by atoms with E-state index >= 15 is 0 Å². The molecule has 1 fully saturated rings. The van der Waals surface area contributed by atoms with Crippen molar-refractivity contribution < 1.29 is 4.79 Å². The summed E-state index contributed by atoms with van der Waals surface area (Å²) in [7, 11) is 0. The minimum Gasteiger partial charge on any atom is -0.340 e. The van der Waals surface area contributed by atoms with Crippen molar-refractivity contribution in [2.75, 3.05) is 6.54 Å². The first-order chi connectivity index (χ1) is 13.7. The second-order valence-electron chi connectivity index (χ2n) is 7.11. The summed E-state index contributed by atoms with van der Waals surface area (Å²) >= 11 is 0. The van der Waals surface area contributed by atoms with Crippen molar-refractivity contribution >= 4 is 27.7 Å². The molecule has 140 valence electrons. The Hall–Kier alpha value is -3.48. The van der Waals surface area contributed by atoms with Crippen molar-refractivity contribution in [3.63, 3.8) is 0 Å². The fourth-order valence-electron chi connectivity index (χ4n) is 4.03. The highest BCUT2D eigenvalue weighted by Gasteiger charge is 2.32. The van der Waals surface area contributed by atoms with Gasteiger partial charge >= 0.3 is 0 Å². The Kier molecular flexibility index (Phi) is 3.93. The molecule has 3 heterocycles. The maximum absolute atomic E-state index is 13.1. The summed E-state index contributed by atoms with van der Waals surface area (Å²) < 4.78 is 0. The van der Waals surface area contributed by atoms with Crippen LogP contribution in [0.3, 0.4) is 0 Å². The number of nitrogens with zero attached hydrogens (tertiary/aromatic N) is 3. The molecule has 7 heteroatoms. The highest BCUT2D eigenvalue weighted by atomic mass is 16.2. The smallest absolute Gasteiger partial charge is 0.272 e. The van der Waals surface area contributed by atoms with Crippen LogP contribution in [0.15, 0.2) is 53.3 Å². The molecule has 1 saturated heterocycles. The summed E-state index contributed by atoms with van der Waals surface area (Å²) in [6.45, 7) is 0.696. The zero-order chi connectivity index (χ0) is 19.1. The first-order valence-corrected chi connectivity index (χ1v) is 9.41. The van der Waals surface area contributed by atoms with E-state index in [0.29, 0.717) is 17.6 Å². The first-order valence-electron chi connectivity index (χ1n) is 9.41. The van der Waals surface area contributed by atoms with Crippen LogP contribution in [0.5, 0.6) is 0 Å². The Morgan fingerprint density at radius 3 is 2.75 bits per heavy atom. The van der Waals surface area contributed by atoms with E-state index in [0.717, 1.165) is 35.1 Å². The van der Waals surface area contributed by atoms with Crippen molar-refractivity contribution in [2.45, 2.75) is 25.3 Å². The molecule has 1 unspecified atom stereocenters. The van der Waals surface area contributed by atoms with Crippen molar-refractivity contribution in [3.05, 3.63) is 70.4 Å². The molecule has 0 radical (unpaired) electrons. The number of rotatable bonds is 3. The second kappa shape index (κ2) is 6.60. The average Bonchev–Trinajstić information content (AvgIpc) is 3.37. The Morgan fingerprint density at radius 2 is 1.89 bits per heavy atom. The quantitative estimate of drug-likeness (QED) is 0.577. The predicted octanol–water partition coefficient (Wildman–Crippen LogP) is 2.71. The Labute approximate surface area is 160 Å². The molecular weight excluding hydrogens is 354 g/mol. The van der Waals surface area contributed by atoms with Crippen LogP contribution in [0, 0.1) is 0 Å². The van der Waals surface area contributed by atoms with Gasteiger partial charge in [-0.15, -0.1) is 0 Å². The van der Waals surface area contributed by atoms with Gasteiger partial charge in [-0.05, 0) is 31.0 Å². The van der Waals surface area contributed by atoms with Gasteiger partial charge in [0, 0.05) is 11.9 Å². The van der Waals surface area contributed by atoms with Crippen molar-refractivity contribution in [1.82, 2.24) is 25.1 Å². The van der Waals surface area contributed by atoms with Crippen LogP contribution >= 0.6 is 0 Å². The third kappa shape index (κ3) is 2.76. The standard InChI is InChI=1S/C21H19N5O2/c27-19(12-17-13-6-1-2-7-14(13)21(28)25-24-17)26-11-5-10-18(26)20-22-15-8-3-4-9-16(15)23-20/h1-4,6-9,18H,5,10-12H2,(H,22,23)(H,25,28). The van der Waals surface area contributed by atoms with E-state index in [-0.39, 0.29) is 23.9 Å². The molecule has 28 heavy (non-hydrogen) atoms. The third-order valence-corrected chi connectivity index (χ3v) is 5.39. The van der Waals surface area contributed by atoms with E-state index in [9.17, 15) is 9.59 Å². The van der Waals surface area contributed by atoms with Crippen LogP contribution in [-0.2, 0) is 11.2 Å². The molecule has 0 saturated carbocycles. The summed E-state index contributed by atoms with van der Waals surface area (Å²) in [5.74, 6) is 0.819. The normalized spacial score (nSPS) is 16.9. The van der Waals surface area contributed by atoms with Gasteiger partial charge in [0.15, 0.2) is 0 Å². The van der Waals surface area contributed by atoms with Gasteiger partial charge in [-0.2, -0.15) is 5.10 Å². The van der Waals surface area contributed by atoms with Crippen molar-refractivity contribution in [1.29, 1.82) is 0 Å². The van der Waals surface area contributed by atoms with Gasteiger partial charge in [-0.1, -0.05) is 30.3 Å². The third-order valence-electron chi connectivity index (χ3n) is 5.39. The number of aromatic nitrogens is 4. The molecule has 1 aliphatic heterocycles. The van der Waals surface area contributed by atoms with Gasteiger partial charge in [0.05, 0.1) is 34.6 Å². The zero-order valence-electron chi connectivity index (χ0n) is 15.2. The molecule has 0 spiro atoms. The number of imidazole rings is 1. The number of hydrogen-bond acceptors (Lipinski definition) is 4. The number of carbonyl (C=O) groups excluding carboxylic acids is 1. The highest BCUT2D eigenvalue weighted by Crippen LogP contribution is 2.32. The largest absolute Gasteiger partial charge is 0.340 e. The molecule has 7 nitrogen and oxygen atoms in total. The number of fused-ring (bicyclic) bond motifs is 2. The lowest BCUT2D eigenvalue weighted by Gasteiger charge is -2.23. The van der Waals surface area contributed by atoms with E-state index in [1.807, 2.05) is 41.3 Å². The molecule has 4 aromatic rings. The lowest BCUT2D eigenvalue weighted by Crippen LogP contribution is -2.33. The minimum absolute atomic E-state index is 0.00680.